The highest BCUT2D eigenvalue weighted by Gasteiger charge is 2.33. The van der Waals surface area contributed by atoms with Crippen LogP contribution in [0.25, 0.3) is 6.08 Å². The van der Waals surface area contributed by atoms with Crippen LogP contribution in [-0.4, -0.2) is 21.9 Å². The van der Waals surface area contributed by atoms with Crippen molar-refractivity contribution in [1.82, 2.24) is 10.2 Å². The number of nitrogens with one attached hydrogen (secondary N) is 1. The van der Waals surface area contributed by atoms with Gasteiger partial charge in [-0.15, -0.1) is 0 Å². The van der Waals surface area contributed by atoms with Crippen LogP contribution in [0.3, 0.4) is 0 Å². The van der Waals surface area contributed by atoms with E-state index in [0.717, 1.165) is 20.5 Å². The molecule has 2 N–H and O–H groups in total. The molecule has 1 heterocycles. The van der Waals surface area contributed by atoms with Crippen molar-refractivity contribution < 1.29 is 14.7 Å². The van der Waals surface area contributed by atoms with E-state index in [0.29, 0.717) is 5.56 Å². The Bertz CT molecular complexity index is 861. The molecule has 0 saturated carbocycles. The van der Waals surface area contributed by atoms with Crippen molar-refractivity contribution >= 4 is 33.9 Å². The van der Waals surface area contributed by atoms with Gasteiger partial charge in [0.15, 0.2) is 0 Å². The fourth-order valence-corrected chi connectivity index (χ4v) is 2.88. The monoisotopic (exact) mass is 386 g/mol. The van der Waals surface area contributed by atoms with Gasteiger partial charge in [0.1, 0.15) is 11.4 Å². The molecule has 2 aromatic rings. The molecule has 5 nitrogen and oxygen atoms in total. The van der Waals surface area contributed by atoms with E-state index >= 15 is 0 Å². The van der Waals surface area contributed by atoms with E-state index in [1.54, 1.807) is 12.1 Å². The number of hydrogen-bond donors (Lipinski definition) is 2. The summed E-state index contributed by atoms with van der Waals surface area (Å²) in [5, 5.41) is 12.4. The third-order valence-electron chi connectivity index (χ3n) is 3.67. The van der Waals surface area contributed by atoms with Gasteiger partial charge in [-0.25, -0.2) is 4.79 Å². The minimum absolute atomic E-state index is 0.0323. The number of benzene rings is 2. The Kier molecular flexibility index (Phi) is 4.40. The maximum absolute atomic E-state index is 12.5. The average molecular weight is 387 g/mol. The van der Waals surface area contributed by atoms with Gasteiger partial charge in [0.2, 0.25) is 0 Å². The SMILES string of the molecule is Cc1cccc(CN2C(=O)N/C(=C/c3cc(Br)ccc3O)C2=O)c1. The molecule has 2 aromatic carbocycles. The number of carbonyl (C=O) groups is 2. The molecule has 1 aliphatic heterocycles. The van der Waals surface area contributed by atoms with Crippen LogP contribution in [0, 0.1) is 6.92 Å². The predicted octanol–water partition coefficient (Wildman–Crippen LogP) is 3.56. The lowest BCUT2D eigenvalue weighted by atomic mass is 10.1. The zero-order chi connectivity index (χ0) is 17.3. The highest BCUT2D eigenvalue weighted by molar-refractivity contribution is 9.10. The summed E-state index contributed by atoms with van der Waals surface area (Å²) in [6.45, 7) is 2.16. The smallest absolute Gasteiger partial charge is 0.329 e. The number of rotatable bonds is 3. The molecule has 24 heavy (non-hydrogen) atoms. The third kappa shape index (κ3) is 3.33. The molecule has 1 aliphatic rings. The second-order valence-electron chi connectivity index (χ2n) is 5.57. The lowest BCUT2D eigenvalue weighted by Gasteiger charge is -2.12. The molecule has 0 unspecified atom stereocenters. The maximum atomic E-state index is 12.5. The first-order valence-electron chi connectivity index (χ1n) is 7.32. The van der Waals surface area contributed by atoms with E-state index in [9.17, 15) is 14.7 Å². The van der Waals surface area contributed by atoms with Crippen molar-refractivity contribution in [3.8, 4) is 5.75 Å². The lowest BCUT2D eigenvalue weighted by molar-refractivity contribution is -0.123. The van der Waals surface area contributed by atoms with E-state index in [-0.39, 0.29) is 18.0 Å². The summed E-state index contributed by atoms with van der Waals surface area (Å²) in [7, 11) is 0. The summed E-state index contributed by atoms with van der Waals surface area (Å²) < 4.78 is 0.764. The van der Waals surface area contributed by atoms with Gasteiger partial charge in [0.05, 0.1) is 6.54 Å². The van der Waals surface area contributed by atoms with Crippen molar-refractivity contribution in [3.63, 3.8) is 0 Å². The molecular formula is C18H15BrN2O3. The van der Waals surface area contributed by atoms with E-state index in [1.807, 2.05) is 31.2 Å². The highest BCUT2D eigenvalue weighted by atomic mass is 79.9. The quantitative estimate of drug-likeness (QED) is 0.625. The predicted molar refractivity (Wildman–Crippen MR) is 94.0 cm³/mol. The lowest BCUT2D eigenvalue weighted by Crippen LogP contribution is -2.30. The van der Waals surface area contributed by atoms with E-state index in [1.165, 1.54) is 12.1 Å². The van der Waals surface area contributed by atoms with Crippen LogP contribution in [-0.2, 0) is 11.3 Å². The van der Waals surface area contributed by atoms with Gasteiger partial charge in [-0.05, 0) is 36.8 Å². The normalized spacial score (nSPS) is 15.9. The largest absolute Gasteiger partial charge is 0.507 e. The number of phenolic OH excluding ortho intramolecular Hbond substituents is 1. The van der Waals surface area contributed by atoms with Crippen LogP contribution in [0.2, 0.25) is 0 Å². The Morgan fingerprint density at radius 2 is 2.00 bits per heavy atom. The Balaban J connectivity index is 1.86. The van der Waals surface area contributed by atoms with Crippen LogP contribution in [0.1, 0.15) is 16.7 Å². The molecule has 3 rings (SSSR count). The summed E-state index contributed by atoms with van der Waals surface area (Å²) in [6, 6.07) is 12.1. The van der Waals surface area contributed by atoms with Crippen molar-refractivity contribution in [3.05, 3.63) is 69.3 Å². The van der Waals surface area contributed by atoms with E-state index < -0.39 is 11.9 Å². The summed E-state index contributed by atoms with van der Waals surface area (Å²) in [5.74, 6) is -0.384. The van der Waals surface area contributed by atoms with Gasteiger partial charge in [0, 0.05) is 10.0 Å². The Morgan fingerprint density at radius 1 is 1.21 bits per heavy atom. The number of halogens is 1. The first-order valence-corrected chi connectivity index (χ1v) is 8.12. The summed E-state index contributed by atoms with van der Waals surface area (Å²) >= 11 is 3.31. The number of urea groups is 1. The minimum Gasteiger partial charge on any atom is -0.507 e. The fraction of sp³-hybridized carbons (Fsp3) is 0.111. The average Bonchev–Trinajstić information content (AvgIpc) is 2.79. The summed E-state index contributed by atoms with van der Waals surface area (Å²) in [5.41, 5.74) is 2.53. The topological polar surface area (TPSA) is 69.6 Å². The molecule has 0 spiro atoms. The maximum Gasteiger partial charge on any atom is 0.329 e. The van der Waals surface area contributed by atoms with Crippen LogP contribution >= 0.6 is 15.9 Å². The van der Waals surface area contributed by atoms with Crippen molar-refractivity contribution in [2.24, 2.45) is 0 Å². The number of carbonyl (C=O) groups excluding carboxylic acids is 2. The standard InChI is InChI=1S/C18H15BrN2O3/c1-11-3-2-4-12(7-11)10-21-17(23)15(20-18(21)24)9-13-8-14(19)5-6-16(13)22/h2-9,22H,10H2,1H3,(H,20,24)/b15-9+. The van der Waals surface area contributed by atoms with Crippen LogP contribution < -0.4 is 5.32 Å². The van der Waals surface area contributed by atoms with Gasteiger partial charge in [-0.1, -0.05) is 45.8 Å². The molecule has 0 atom stereocenters. The van der Waals surface area contributed by atoms with Gasteiger partial charge in [-0.2, -0.15) is 0 Å². The zero-order valence-corrected chi connectivity index (χ0v) is 14.5. The van der Waals surface area contributed by atoms with Crippen LogP contribution in [0.15, 0.2) is 52.6 Å². The van der Waals surface area contributed by atoms with Crippen molar-refractivity contribution in [2.45, 2.75) is 13.5 Å². The van der Waals surface area contributed by atoms with Gasteiger partial charge in [0.25, 0.3) is 5.91 Å². The number of phenols is 1. The second-order valence-corrected chi connectivity index (χ2v) is 6.49. The van der Waals surface area contributed by atoms with Gasteiger partial charge >= 0.3 is 6.03 Å². The molecule has 0 aromatic heterocycles. The molecule has 1 fully saturated rings. The molecule has 0 radical (unpaired) electrons. The van der Waals surface area contributed by atoms with Crippen LogP contribution in [0.4, 0.5) is 4.79 Å². The fourth-order valence-electron chi connectivity index (χ4n) is 2.50. The van der Waals surface area contributed by atoms with Crippen LogP contribution in [0.5, 0.6) is 5.75 Å². The number of nitrogens with zero attached hydrogens (tertiary/aromatic N) is 1. The molecule has 3 amide bonds. The Labute approximate surface area is 147 Å². The first kappa shape index (κ1) is 16.3. The molecule has 0 aliphatic carbocycles. The van der Waals surface area contributed by atoms with Gasteiger partial charge < -0.3 is 10.4 Å². The summed E-state index contributed by atoms with van der Waals surface area (Å²) in [4.78, 5) is 25.7. The van der Waals surface area contributed by atoms with Crippen molar-refractivity contribution in [1.29, 1.82) is 0 Å². The number of aromatic hydroxyl groups is 1. The first-order chi connectivity index (χ1) is 11.4. The number of imide groups is 1. The molecule has 1 saturated heterocycles. The molecule has 0 bridgehead atoms. The number of amides is 3. The second kappa shape index (κ2) is 6.49. The number of aryl methyl sites for hydroxylation is 1. The molecule has 6 heteroatoms. The highest BCUT2D eigenvalue weighted by Crippen LogP contribution is 2.25. The number of hydrogen-bond acceptors (Lipinski definition) is 3. The molecule has 122 valence electrons. The molecular weight excluding hydrogens is 372 g/mol. The van der Waals surface area contributed by atoms with Crippen molar-refractivity contribution in [2.75, 3.05) is 0 Å². The van der Waals surface area contributed by atoms with E-state index in [2.05, 4.69) is 21.2 Å². The Morgan fingerprint density at radius 3 is 2.75 bits per heavy atom. The van der Waals surface area contributed by atoms with Gasteiger partial charge in [-0.3, -0.25) is 9.69 Å². The third-order valence-corrected chi connectivity index (χ3v) is 4.17. The summed E-state index contributed by atoms with van der Waals surface area (Å²) in [6.07, 6.45) is 1.47. The minimum atomic E-state index is -0.470. The Hall–Kier alpha value is -2.60. The van der Waals surface area contributed by atoms with E-state index in [4.69, 9.17) is 0 Å². The zero-order valence-electron chi connectivity index (χ0n) is 12.9.